The lowest BCUT2D eigenvalue weighted by Crippen LogP contribution is -2.68. The van der Waals surface area contributed by atoms with E-state index in [2.05, 4.69) is 0 Å². The van der Waals surface area contributed by atoms with Crippen molar-refractivity contribution in [1.29, 1.82) is 0 Å². The first kappa shape index (κ1) is 26.9. The maximum Gasteiger partial charge on any atom is 0.255 e. The highest BCUT2D eigenvalue weighted by atomic mass is 35.5. The molecule has 11 heteroatoms. The fourth-order valence-corrected chi connectivity index (χ4v) is 6.71. The fourth-order valence-electron chi connectivity index (χ4n) is 6.58. The number of rotatable bonds is 3. The van der Waals surface area contributed by atoms with E-state index in [0.29, 0.717) is 21.7 Å². The molecule has 0 saturated carbocycles. The van der Waals surface area contributed by atoms with Gasteiger partial charge in [0.1, 0.15) is 22.8 Å². The molecular weight excluding hydrogens is 528 g/mol. The van der Waals surface area contributed by atoms with E-state index in [0.717, 1.165) is 0 Å². The Balaban J connectivity index is 1.81. The van der Waals surface area contributed by atoms with Crippen molar-refractivity contribution in [1.82, 2.24) is 4.90 Å². The van der Waals surface area contributed by atoms with Crippen LogP contribution in [0.25, 0.3) is 11.1 Å². The number of aliphatic hydroxyl groups excluding tert-OH is 3. The smallest absolute Gasteiger partial charge is 0.255 e. The number of likely N-dealkylation sites (N-methyl/N-ethyl adjacent to an activating group) is 1. The van der Waals surface area contributed by atoms with Gasteiger partial charge < -0.3 is 31.3 Å². The molecule has 5 rings (SSSR count). The van der Waals surface area contributed by atoms with Crippen LogP contribution in [0.15, 0.2) is 59.1 Å². The lowest BCUT2D eigenvalue weighted by atomic mass is 9.55. The number of halogens is 1. The van der Waals surface area contributed by atoms with Gasteiger partial charge >= 0.3 is 0 Å². The molecule has 0 heterocycles. The zero-order chi connectivity index (χ0) is 28.7. The van der Waals surface area contributed by atoms with Gasteiger partial charge in [0.2, 0.25) is 5.78 Å². The molecule has 7 N–H and O–H groups in total. The molecule has 0 fully saturated rings. The highest BCUT2D eigenvalue weighted by Crippen LogP contribution is 2.56. The lowest BCUT2D eigenvalue weighted by Gasteiger charge is -2.53. The second-order valence-corrected chi connectivity index (χ2v) is 10.9. The summed E-state index contributed by atoms with van der Waals surface area (Å²) in [5, 5.41) is 57.2. The summed E-state index contributed by atoms with van der Waals surface area (Å²) in [6.07, 6.45) is -1.67. The standard InChI is InChI=1S/C28H27ClN2O8/c1-10-15-13(11-4-6-12(29)7-5-11)8-9-14(32)17(15)22(33)18-16(10)23(34)20-21(31(2)3)24(35)19(27(30)38)26(37)28(20,39)25(18)36/h4-10,16,20-21,23,32,34-36,39H,1-3H3,(H2,30,38)/t10?,16-,20-,21+,23+,28+/m1/s1. The fraction of sp³-hybridized carbons (Fsp3) is 0.321. The van der Waals surface area contributed by atoms with Crippen LogP contribution in [-0.4, -0.2) is 79.7 Å². The Bertz CT molecular complexity index is 1510. The number of nitrogens with zero attached hydrogens (tertiary/aromatic N) is 1. The van der Waals surface area contributed by atoms with Crippen molar-refractivity contribution in [3.8, 4) is 16.9 Å². The number of nitrogens with two attached hydrogens (primary N) is 1. The Morgan fingerprint density at radius 1 is 1.05 bits per heavy atom. The van der Waals surface area contributed by atoms with Crippen LogP contribution in [0, 0.1) is 11.8 Å². The third-order valence-corrected chi connectivity index (χ3v) is 8.52. The number of phenolic OH excluding ortho intramolecular Hbond substituents is 1. The minimum atomic E-state index is -2.95. The Morgan fingerprint density at radius 3 is 2.23 bits per heavy atom. The van der Waals surface area contributed by atoms with E-state index >= 15 is 0 Å². The molecule has 39 heavy (non-hydrogen) atoms. The predicted octanol–water partition coefficient (Wildman–Crippen LogP) is 1.97. The molecular formula is C28H27ClN2O8. The summed E-state index contributed by atoms with van der Waals surface area (Å²) in [6, 6.07) is 8.43. The van der Waals surface area contributed by atoms with Gasteiger partial charge in [0, 0.05) is 16.5 Å². The third kappa shape index (κ3) is 3.49. The van der Waals surface area contributed by atoms with Gasteiger partial charge in [-0.2, -0.15) is 0 Å². The zero-order valence-electron chi connectivity index (χ0n) is 21.2. The van der Waals surface area contributed by atoms with Crippen molar-refractivity contribution < 1.29 is 39.9 Å². The van der Waals surface area contributed by atoms with E-state index in [9.17, 15) is 39.9 Å². The minimum absolute atomic E-state index is 0.150. The second-order valence-electron chi connectivity index (χ2n) is 10.5. The molecule has 0 aromatic heterocycles. The monoisotopic (exact) mass is 554 g/mol. The average Bonchev–Trinajstić information content (AvgIpc) is 2.86. The van der Waals surface area contributed by atoms with Crippen LogP contribution >= 0.6 is 11.6 Å². The molecule has 0 spiro atoms. The number of carbonyl (C=O) groups excluding carboxylic acids is 3. The summed E-state index contributed by atoms with van der Waals surface area (Å²) in [4.78, 5) is 40.9. The van der Waals surface area contributed by atoms with Gasteiger partial charge in [-0.1, -0.05) is 36.7 Å². The Hall–Kier alpha value is -3.70. The minimum Gasteiger partial charge on any atom is -0.510 e. The van der Waals surface area contributed by atoms with Gasteiger partial charge in [-0.25, -0.2) is 0 Å². The van der Waals surface area contributed by atoms with Crippen molar-refractivity contribution >= 4 is 29.1 Å². The SMILES string of the molecule is CC1c2c(-c3ccc(Cl)cc3)ccc(O)c2C(=O)C2=C(O)[C@]3(O)C(=O)C(C(N)=O)=C(O)[C@@H](N(C)C)[C@@H]3[C@@H](O)[C@@H]21. The molecule has 2 aromatic rings. The Labute approximate surface area is 228 Å². The number of hydrogen-bond acceptors (Lipinski definition) is 9. The van der Waals surface area contributed by atoms with Crippen LogP contribution in [0.1, 0.15) is 28.8 Å². The molecule has 3 aliphatic carbocycles. The molecule has 0 saturated heterocycles. The number of Topliss-reactive ketones (excluding diaryl/α,β-unsaturated/α-hetero) is 2. The average molecular weight is 555 g/mol. The van der Waals surface area contributed by atoms with E-state index in [1.807, 2.05) is 0 Å². The first-order chi connectivity index (χ1) is 18.2. The van der Waals surface area contributed by atoms with Gasteiger partial charge in [0.05, 0.1) is 23.6 Å². The molecule has 0 radical (unpaired) electrons. The zero-order valence-corrected chi connectivity index (χ0v) is 22.0. The molecule has 1 amide bonds. The highest BCUT2D eigenvalue weighted by Gasteiger charge is 2.67. The molecule has 10 nitrogen and oxygen atoms in total. The number of carbonyl (C=O) groups is 3. The summed E-state index contributed by atoms with van der Waals surface area (Å²) in [5.74, 6) is -9.31. The number of ketones is 2. The molecule has 1 unspecified atom stereocenters. The molecule has 0 aliphatic heterocycles. The molecule has 0 bridgehead atoms. The first-order valence-corrected chi connectivity index (χ1v) is 12.6. The van der Waals surface area contributed by atoms with Crippen molar-refractivity contribution in [2.45, 2.75) is 30.6 Å². The summed E-state index contributed by atoms with van der Waals surface area (Å²) in [6.45, 7) is 1.69. The van der Waals surface area contributed by atoms with Gasteiger partial charge in [0.25, 0.3) is 5.91 Å². The number of benzene rings is 2. The van der Waals surface area contributed by atoms with Crippen molar-refractivity contribution in [2.24, 2.45) is 17.6 Å². The summed E-state index contributed by atoms with van der Waals surface area (Å²) in [5.41, 5.74) is 2.50. The van der Waals surface area contributed by atoms with Crippen molar-refractivity contribution in [2.75, 3.05) is 14.1 Å². The molecule has 204 valence electrons. The second kappa shape index (κ2) is 8.92. The summed E-state index contributed by atoms with van der Waals surface area (Å²) < 4.78 is 0. The van der Waals surface area contributed by atoms with E-state index < -0.39 is 81.4 Å². The largest absolute Gasteiger partial charge is 0.510 e. The molecule has 3 aliphatic rings. The van der Waals surface area contributed by atoms with Crippen LogP contribution in [0.4, 0.5) is 0 Å². The quantitative estimate of drug-likeness (QED) is 0.309. The van der Waals surface area contributed by atoms with Gasteiger partial charge in [-0.15, -0.1) is 0 Å². The number of fused-ring (bicyclic) bond motifs is 3. The van der Waals surface area contributed by atoms with Crippen LogP contribution in [0.2, 0.25) is 5.02 Å². The molecule has 6 atom stereocenters. The lowest BCUT2D eigenvalue weighted by molar-refractivity contribution is -0.162. The number of hydrogen-bond donors (Lipinski definition) is 6. The Morgan fingerprint density at radius 2 is 1.67 bits per heavy atom. The van der Waals surface area contributed by atoms with Gasteiger partial charge in [-0.3, -0.25) is 19.3 Å². The predicted molar refractivity (Wildman–Crippen MR) is 140 cm³/mol. The number of primary amides is 1. The highest BCUT2D eigenvalue weighted by molar-refractivity contribution is 6.30. The summed E-state index contributed by atoms with van der Waals surface area (Å²) in [7, 11) is 2.97. The normalized spacial score (nSPS) is 30.3. The van der Waals surface area contributed by atoms with Crippen LogP contribution in [0.5, 0.6) is 5.75 Å². The number of phenols is 1. The van der Waals surface area contributed by atoms with E-state index in [4.69, 9.17) is 17.3 Å². The third-order valence-electron chi connectivity index (χ3n) is 8.26. The van der Waals surface area contributed by atoms with Crippen LogP contribution in [0.3, 0.4) is 0 Å². The van der Waals surface area contributed by atoms with E-state index in [1.54, 1.807) is 37.3 Å². The van der Waals surface area contributed by atoms with Crippen molar-refractivity contribution in [3.05, 3.63) is 75.2 Å². The van der Waals surface area contributed by atoms with E-state index in [1.165, 1.54) is 25.1 Å². The van der Waals surface area contributed by atoms with E-state index in [-0.39, 0.29) is 5.56 Å². The van der Waals surface area contributed by atoms with Gasteiger partial charge in [0.15, 0.2) is 11.4 Å². The number of amides is 1. The van der Waals surface area contributed by atoms with Crippen LogP contribution < -0.4 is 5.73 Å². The maximum absolute atomic E-state index is 13.9. The van der Waals surface area contributed by atoms with Crippen molar-refractivity contribution in [3.63, 3.8) is 0 Å². The maximum atomic E-state index is 13.9. The Kier molecular flexibility index (Phi) is 6.15. The van der Waals surface area contributed by atoms with Crippen LogP contribution in [-0.2, 0) is 9.59 Å². The summed E-state index contributed by atoms with van der Waals surface area (Å²) >= 11 is 6.05. The van der Waals surface area contributed by atoms with Gasteiger partial charge in [-0.05, 0) is 54.9 Å². The first-order valence-electron chi connectivity index (χ1n) is 12.2. The number of aromatic hydroxyl groups is 1. The number of aliphatic hydroxyl groups is 4. The molecule has 2 aromatic carbocycles. The topological polar surface area (TPSA) is 182 Å².